The Bertz CT molecular complexity index is 1050. The maximum Gasteiger partial charge on any atom is 0.333 e. The van der Waals surface area contributed by atoms with E-state index in [0.717, 1.165) is 41.1 Å². The van der Waals surface area contributed by atoms with Crippen molar-refractivity contribution in [3.63, 3.8) is 0 Å². The third-order valence-electron chi connectivity index (χ3n) is 4.78. The summed E-state index contributed by atoms with van der Waals surface area (Å²) in [5, 5.41) is 12.4. The Morgan fingerprint density at radius 1 is 1.00 bits per heavy atom. The summed E-state index contributed by atoms with van der Waals surface area (Å²) in [6.07, 6.45) is 1.06. The third kappa shape index (κ3) is 7.50. The summed E-state index contributed by atoms with van der Waals surface area (Å²) >= 11 is 0. The predicted octanol–water partition coefficient (Wildman–Crippen LogP) is 5.28. The highest BCUT2D eigenvalue weighted by Crippen LogP contribution is 2.21. The lowest BCUT2D eigenvalue weighted by molar-refractivity contribution is -0.148. The van der Waals surface area contributed by atoms with E-state index in [4.69, 9.17) is 14.6 Å². The molecule has 0 aliphatic rings. The van der Waals surface area contributed by atoms with E-state index < -0.39 is 12.1 Å². The zero-order chi connectivity index (χ0) is 22.6. The number of benzene rings is 3. The summed E-state index contributed by atoms with van der Waals surface area (Å²) in [5.74, 6) is 6.16. The molecule has 0 fully saturated rings. The van der Waals surface area contributed by atoms with Gasteiger partial charge in [0.15, 0.2) is 6.10 Å². The van der Waals surface area contributed by atoms with Crippen molar-refractivity contribution in [2.75, 3.05) is 19.0 Å². The molecule has 0 heterocycles. The highest BCUT2D eigenvalue weighted by molar-refractivity contribution is 5.72. The molecule has 0 aliphatic heterocycles. The largest absolute Gasteiger partial charge is 0.493 e. The molecule has 3 rings (SSSR count). The van der Waals surface area contributed by atoms with Crippen LogP contribution >= 0.6 is 0 Å². The van der Waals surface area contributed by atoms with Crippen LogP contribution in [0.2, 0.25) is 0 Å². The molecule has 5 nitrogen and oxygen atoms in total. The van der Waals surface area contributed by atoms with Crippen LogP contribution in [0.5, 0.6) is 5.75 Å². The standard InChI is InChI=1S/C27H27NO4/c1-31-26(27(29)30)19-22-16-14-21(15-17-22)9-4-3-7-18-32-25-13-8-12-24(20-25)28-23-10-5-2-6-11-23/h2,5-6,8,10-17,20,26,28H,3,7,18-19H2,1H3,(H,29,30). The number of hydrogen-bond acceptors (Lipinski definition) is 4. The van der Waals surface area contributed by atoms with Crippen molar-refractivity contribution in [1.82, 2.24) is 0 Å². The molecule has 5 heteroatoms. The first-order valence-electron chi connectivity index (χ1n) is 10.5. The van der Waals surface area contributed by atoms with Gasteiger partial charge in [-0.25, -0.2) is 4.79 Å². The summed E-state index contributed by atoms with van der Waals surface area (Å²) < 4.78 is 10.8. The lowest BCUT2D eigenvalue weighted by Crippen LogP contribution is -2.24. The topological polar surface area (TPSA) is 67.8 Å². The van der Waals surface area contributed by atoms with E-state index in [-0.39, 0.29) is 0 Å². The van der Waals surface area contributed by atoms with Crippen molar-refractivity contribution in [1.29, 1.82) is 0 Å². The van der Waals surface area contributed by atoms with Crippen LogP contribution in [-0.2, 0) is 16.0 Å². The van der Waals surface area contributed by atoms with E-state index in [9.17, 15) is 4.79 Å². The first-order chi connectivity index (χ1) is 15.6. The fourth-order valence-corrected chi connectivity index (χ4v) is 3.08. The van der Waals surface area contributed by atoms with Crippen LogP contribution < -0.4 is 10.1 Å². The molecule has 3 aromatic carbocycles. The molecule has 164 valence electrons. The Balaban J connectivity index is 1.41. The molecule has 0 radical (unpaired) electrons. The minimum Gasteiger partial charge on any atom is -0.493 e. The van der Waals surface area contributed by atoms with Gasteiger partial charge in [-0.2, -0.15) is 0 Å². The summed E-state index contributed by atoms with van der Waals surface area (Å²) in [6.45, 7) is 0.593. The van der Waals surface area contributed by atoms with Gasteiger partial charge < -0.3 is 19.9 Å². The molecule has 3 aromatic rings. The van der Waals surface area contributed by atoms with Gasteiger partial charge >= 0.3 is 5.97 Å². The first-order valence-corrected chi connectivity index (χ1v) is 10.5. The number of unbranched alkanes of at least 4 members (excludes halogenated alkanes) is 1. The number of aliphatic carboxylic acids is 1. The van der Waals surface area contributed by atoms with E-state index in [1.54, 1.807) is 0 Å². The summed E-state index contributed by atoms with van der Waals surface area (Å²) in [4.78, 5) is 11.1. The fraction of sp³-hybridized carbons (Fsp3) is 0.222. The molecule has 0 aliphatic carbocycles. The van der Waals surface area contributed by atoms with E-state index in [1.165, 1.54) is 7.11 Å². The van der Waals surface area contributed by atoms with Gasteiger partial charge in [-0.3, -0.25) is 0 Å². The van der Waals surface area contributed by atoms with E-state index in [2.05, 4.69) is 17.2 Å². The van der Waals surface area contributed by atoms with Crippen molar-refractivity contribution >= 4 is 17.3 Å². The van der Waals surface area contributed by atoms with Crippen molar-refractivity contribution in [3.05, 3.63) is 90.0 Å². The number of carboxylic acids is 1. The molecule has 0 bridgehead atoms. The maximum atomic E-state index is 11.1. The number of rotatable bonds is 10. The highest BCUT2D eigenvalue weighted by Gasteiger charge is 2.16. The predicted molar refractivity (Wildman–Crippen MR) is 126 cm³/mol. The quantitative estimate of drug-likeness (QED) is 0.339. The maximum absolute atomic E-state index is 11.1. The Morgan fingerprint density at radius 2 is 1.75 bits per heavy atom. The number of hydrogen-bond donors (Lipinski definition) is 2. The van der Waals surface area contributed by atoms with Crippen LogP contribution in [0, 0.1) is 11.8 Å². The van der Waals surface area contributed by atoms with E-state index >= 15 is 0 Å². The van der Waals surface area contributed by atoms with Gasteiger partial charge in [-0.1, -0.05) is 48.2 Å². The highest BCUT2D eigenvalue weighted by atomic mass is 16.5. The van der Waals surface area contributed by atoms with Crippen LogP contribution in [0.15, 0.2) is 78.9 Å². The van der Waals surface area contributed by atoms with Gasteiger partial charge in [0.25, 0.3) is 0 Å². The second-order valence-corrected chi connectivity index (χ2v) is 7.24. The molecule has 0 aromatic heterocycles. The molecule has 0 spiro atoms. The number of methoxy groups -OCH3 is 1. The summed E-state index contributed by atoms with van der Waals surface area (Å²) in [6, 6.07) is 25.5. The van der Waals surface area contributed by atoms with Crippen LogP contribution in [0.25, 0.3) is 0 Å². The Kier molecular flexibility index (Phi) is 8.73. The molecule has 0 saturated heterocycles. The second kappa shape index (κ2) is 12.2. The first kappa shape index (κ1) is 22.9. The Morgan fingerprint density at radius 3 is 2.47 bits per heavy atom. The number of carboxylic acid groups (broad SMARTS) is 1. The average molecular weight is 430 g/mol. The molecular formula is C27H27NO4. The van der Waals surface area contributed by atoms with Crippen molar-refractivity contribution in [2.24, 2.45) is 0 Å². The van der Waals surface area contributed by atoms with Gasteiger partial charge in [0.2, 0.25) is 0 Å². The lowest BCUT2D eigenvalue weighted by atomic mass is 10.1. The molecule has 0 amide bonds. The lowest BCUT2D eigenvalue weighted by Gasteiger charge is -2.10. The normalized spacial score (nSPS) is 11.2. The van der Waals surface area contributed by atoms with E-state index in [0.29, 0.717) is 13.0 Å². The Labute approximate surface area is 189 Å². The van der Waals surface area contributed by atoms with E-state index in [1.807, 2.05) is 78.9 Å². The minimum atomic E-state index is -0.960. The van der Waals surface area contributed by atoms with Crippen LogP contribution in [-0.4, -0.2) is 30.9 Å². The van der Waals surface area contributed by atoms with Crippen molar-refractivity contribution < 1.29 is 19.4 Å². The summed E-state index contributed by atoms with van der Waals surface area (Å²) in [7, 11) is 1.40. The molecule has 1 atom stereocenters. The average Bonchev–Trinajstić information content (AvgIpc) is 2.81. The molecule has 32 heavy (non-hydrogen) atoms. The van der Waals surface area contributed by atoms with Gasteiger partial charge in [-0.15, -0.1) is 0 Å². The number of carbonyl (C=O) groups is 1. The number of ether oxygens (including phenoxy) is 2. The number of para-hydroxylation sites is 1. The second-order valence-electron chi connectivity index (χ2n) is 7.24. The Hall–Kier alpha value is -3.75. The third-order valence-corrected chi connectivity index (χ3v) is 4.78. The van der Waals surface area contributed by atoms with Gasteiger partial charge in [0, 0.05) is 43.0 Å². The van der Waals surface area contributed by atoms with Crippen LogP contribution in [0.4, 0.5) is 11.4 Å². The summed E-state index contributed by atoms with van der Waals surface area (Å²) in [5.41, 5.74) is 3.83. The zero-order valence-electron chi connectivity index (χ0n) is 18.1. The molecule has 2 N–H and O–H groups in total. The number of anilines is 2. The fourth-order valence-electron chi connectivity index (χ4n) is 3.08. The van der Waals surface area contributed by atoms with Crippen LogP contribution in [0.3, 0.4) is 0 Å². The van der Waals surface area contributed by atoms with Gasteiger partial charge in [0.05, 0.1) is 6.61 Å². The smallest absolute Gasteiger partial charge is 0.333 e. The monoisotopic (exact) mass is 429 g/mol. The van der Waals surface area contributed by atoms with Crippen molar-refractivity contribution in [3.8, 4) is 17.6 Å². The molecule has 0 saturated carbocycles. The number of nitrogens with one attached hydrogen (secondary N) is 1. The molecular weight excluding hydrogens is 402 g/mol. The SMILES string of the molecule is COC(Cc1ccc(C#CCCCOc2cccc(Nc3ccccc3)c2)cc1)C(=O)O. The van der Waals surface area contributed by atoms with Crippen LogP contribution in [0.1, 0.15) is 24.0 Å². The zero-order valence-corrected chi connectivity index (χ0v) is 18.1. The minimum absolute atomic E-state index is 0.332. The van der Waals surface area contributed by atoms with Gasteiger partial charge in [-0.05, 0) is 48.4 Å². The van der Waals surface area contributed by atoms with Crippen molar-refractivity contribution in [2.45, 2.75) is 25.4 Å². The van der Waals surface area contributed by atoms with Gasteiger partial charge in [0.1, 0.15) is 5.75 Å². The molecule has 1 unspecified atom stereocenters.